The SMILES string of the molecule is C=C/C=C(\C=C/C)NC(=O)OCCCNC(=O)C1C(C=C(Cl)Cl)C1(C)C. The number of ether oxygens (including phenoxy) is 1. The van der Waals surface area contributed by atoms with Crippen molar-refractivity contribution in [1.29, 1.82) is 0 Å². The molecule has 2 atom stereocenters. The summed E-state index contributed by atoms with van der Waals surface area (Å²) in [6, 6.07) is 0. The van der Waals surface area contributed by atoms with E-state index in [-0.39, 0.29) is 34.3 Å². The summed E-state index contributed by atoms with van der Waals surface area (Å²) in [5, 5.41) is 5.46. The van der Waals surface area contributed by atoms with Crippen molar-refractivity contribution < 1.29 is 14.3 Å². The average molecular weight is 401 g/mol. The Hall–Kier alpha value is -1.72. The molecule has 7 heteroatoms. The summed E-state index contributed by atoms with van der Waals surface area (Å²) >= 11 is 11.4. The Morgan fingerprint density at radius 3 is 2.58 bits per heavy atom. The average Bonchev–Trinajstić information content (AvgIpc) is 3.07. The third-order valence-corrected chi connectivity index (χ3v) is 4.49. The minimum atomic E-state index is -0.548. The Kier molecular flexibility index (Phi) is 8.96. The molecule has 0 heterocycles. The van der Waals surface area contributed by atoms with Crippen molar-refractivity contribution in [3.63, 3.8) is 0 Å². The summed E-state index contributed by atoms with van der Waals surface area (Å²) in [5.74, 6) is -0.151. The van der Waals surface area contributed by atoms with E-state index in [4.69, 9.17) is 27.9 Å². The lowest BCUT2D eigenvalue weighted by atomic mass is 10.1. The first-order chi connectivity index (χ1) is 12.2. The number of alkyl carbamates (subject to hydrolysis) is 1. The van der Waals surface area contributed by atoms with Gasteiger partial charge in [0.15, 0.2) is 0 Å². The van der Waals surface area contributed by atoms with Gasteiger partial charge in [-0.05, 0) is 42.9 Å². The standard InChI is InChI=1S/C19H26Cl2N2O3/c1-5-8-13(9-6-2)23-18(25)26-11-7-10-22-17(24)16-14(12-15(20)21)19(16,3)4/h5-6,8-9,12,14,16H,1,7,10-11H2,2-4H3,(H,22,24)(H,23,25)/b9-6-,13-8+. The van der Waals surface area contributed by atoms with Gasteiger partial charge in [0.05, 0.1) is 12.5 Å². The van der Waals surface area contributed by atoms with Crippen LogP contribution in [-0.2, 0) is 9.53 Å². The zero-order valence-electron chi connectivity index (χ0n) is 15.4. The lowest BCUT2D eigenvalue weighted by molar-refractivity contribution is -0.123. The smallest absolute Gasteiger partial charge is 0.411 e. The first-order valence-corrected chi connectivity index (χ1v) is 9.19. The molecule has 0 radical (unpaired) electrons. The minimum absolute atomic E-state index is 0.0382. The molecule has 2 N–H and O–H groups in total. The van der Waals surface area contributed by atoms with Crippen LogP contribution in [0.15, 0.2) is 47.1 Å². The van der Waals surface area contributed by atoms with Crippen molar-refractivity contribution in [2.45, 2.75) is 27.2 Å². The fraction of sp³-hybridized carbons (Fsp3) is 0.474. The van der Waals surface area contributed by atoms with Crippen molar-refractivity contribution in [3.05, 3.63) is 47.1 Å². The van der Waals surface area contributed by atoms with Gasteiger partial charge < -0.3 is 10.1 Å². The van der Waals surface area contributed by atoms with Crippen LogP contribution < -0.4 is 10.6 Å². The summed E-state index contributed by atoms with van der Waals surface area (Å²) in [6.45, 7) is 10.1. The van der Waals surface area contributed by atoms with Crippen LogP contribution >= 0.6 is 23.2 Å². The summed E-state index contributed by atoms with van der Waals surface area (Å²) in [5.41, 5.74) is 0.435. The largest absolute Gasteiger partial charge is 0.449 e. The van der Waals surface area contributed by atoms with Crippen LogP contribution in [0.4, 0.5) is 4.79 Å². The predicted molar refractivity (Wildman–Crippen MR) is 106 cm³/mol. The number of allylic oxidation sites excluding steroid dienone is 5. The van der Waals surface area contributed by atoms with E-state index in [2.05, 4.69) is 17.2 Å². The van der Waals surface area contributed by atoms with Gasteiger partial charge in [0.2, 0.25) is 5.91 Å². The molecule has 1 fully saturated rings. The van der Waals surface area contributed by atoms with E-state index in [1.807, 2.05) is 20.8 Å². The number of carbonyl (C=O) groups is 2. The van der Waals surface area contributed by atoms with Gasteiger partial charge in [0.1, 0.15) is 4.49 Å². The van der Waals surface area contributed by atoms with E-state index in [1.54, 1.807) is 30.4 Å². The van der Waals surface area contributed by atoms with Gasteiger partial charge >= 0.3 is 6.09 Å². The zero-order valence-corrected chi connectivity index (χ0v) is 16.9. The maximum atomic E-state index is 12.2. The quantitative estimate of drug-likeness (QED) is 0.443. The van der Waals surface area contributed by atoms with Crippen LogP contribution in [0.1, 0.15) is 27.2 Å². The van der Waals surface area contributed by atoms with E-state index in [0.717, 1.165) is 0 Å². The number of rotatable bonds is 9. The first-order valence-electron chi connectivity index (χ1n) is 8.43. The van der Waals surface area contributed by atoms with Crippen molar-refractivity contribution >= 4 is 35.2 Å². The van der Waals surface area contributed by atoms with Gasteiger partial charge in [-0.1, -0.05) is 55.8 Å². The molecule has 144 valence electrons. The lowest BCUT2D eigenvalue weighted by Crippen LogP contribution is -2.29. The highest BCUT2D eigenvalue weighted by Crippen LogP contribution is 2.59. The van der Waals surface area contributed by atoms with Gasteiger partial charge in [0.25, 0.3) is 0 Å². The topological polar surface area (TPSA) is 67.4 Å². The van der Waals surface area contributed by atoms with Crippen LogP contribution in [0, 0.1) is 17.3 Å². The molecular formula is C19H26Cl2N2O3. The molecule has 1 saturated carbocycles. The highest BCUT2D eigenvalue weighted by Gasteiger charge is 2.60. The number of carbonyl (C=O) groups excluding carboxylic acids is 2. The summed E-state index contributed by atoms with van der Waals surface area (Å²) in [7, 11) is 0. The second kappa shape index (κ2) is 10.4. The molecule has 5 nitrogen and oxygen atoms in total. The van der Waals surface area contributed by atoms with Crippen LogP contribution in [0.25, 0.3) is 0 Å². The molecule has 0 aromatic heterocycles. The van der Waals surface area contributed by atoms with Crippen LogP contribution in [0.2, 0.25) is 0 Å². The second-order valence-corrected chi connectivity index (χ2v) is 7.55. The highest BCUT2D eigenvalue weighted by molar-refractivity contribution is 6.55. The maximum Gasteiger partial charge on any atom is 0.411 e. The van der Waals surface area contributed by atoms with Crippen molar-refractivity contribution in [1.82, 2.24) is 10.6 Å². The van der Waals surface area contributed by atoms with E-state index in [0.29, 0.717) is 18.7 Å². The molecular weight excluding hydrogens is 375 g/mol. The van der Waals surface area contributed by atoms with E-state index >= 15 is 0 Å². The summed E-state index contributed by atoms with van der Waals surface area (Å²) < 4.78 is 5.26. The molecule has 0 aromatic carbocycles. The van der Waals surface area contributed by atoms with Crippen molar-refractivity contribution in [3.8, 4) is 0 Å². The third-order valence-electron chi connectivity index (χ3n) is 4.24. The van der Waals surface area contributed by atoms with Crippen LogP contribution in [0.3, 0.4) is 0 Å². The fourth-order valence-corrected chi connectivity index (χ4v) is 3.05. The zero-order chi connectivity index (χ0) is 19.7. The monoisotopic (exact) mass is 400 g/mol. The van der Waals surface area contributed by atoms with Crippen LogP contribution in [-0.4, -0.2) is 25.2 Å². The number of hydrogen-bond acceptors (Lipinski definition) is 3. The minimum Gasteiger partial charge on any atom is -0.449 e. The molecule has 2 unspecified atom stereocenters. The molecule has 0 saturated heterocycles. The molecule has 1 rings (SSSR count). The third kappa shape index (κ3) is 6.89. The highest BCUT2D eigenvalue weighted by atomic mass is 35.5. The van der Waals surface area contributed by atoms with Crippen molar-refractivity contribution in [2.75, 3.05) is 13.2 Å². The molecule has 0 aliphatic heterocycles. The Labute approximate surface area is 165 Å². The van der Waals surface area contributed by atoms with E-state index < -0.39 is 6.09 Å². The number of hydrogen-bond donors (Lipinski definition) is 2. The van der Waals surface area contributed by atoms with Gasteiger partial charge in [-0.25, -0.2) is 4.79 Å². The van der Waals surface area contributed by atoms with Gasteiger partial charge in [0, 0.05) is 12.2 Å². The summed E-state index contributed by atoms with van der Waals surface area (Å²) in [6.07, 6.45) is 8.45. The van der Waals surface area contributed by atoms with Gasteiger partial charge in [-0.3, -0.25) is 10.1 Å². The van der Waals surface area contributed by atoms with E-state index in [1.165, 1.54) is 0 Å². The normalized spacial score (nSPS) is 21.0. The predicted octanol–water partition coefficient (Wildman–Crippen LogP) is 4.46. The molecule has 26 heavy (non-hydrogen) atoms. The Bertz CT molecular complexity index is 620. The fourth-order valence-electron chi connectivity index (χ4n) is 2.78. The lowest BCUT2D eigenvalue weighted by Gasteiger charge is -2.08. The van der Waals surface area contributed by atoms with E-state index in [9.17, 15) is 9.59 Å². The maximum absolute atomic E-state index is 12.2. The van der Waals surface area contributed by atoms with Crippen molar-refractivity contribution in [2.24, 2.45) is 17.3 Å². The van der Waals surface area contributed by atoms with Gasteiger partial charge in [-0.15, -0.1) is 0 Å². The summed E-state index contributed by atoms with van der Waals surface area (Å²) in [4.78, 5) is 23.9. The first kappa shape index (κ1) is 22.3. The molecule has 1 aliphatic rings. The number of amides is 2. The van der Waals surface area contributed by atoms with Crippen LogP contribution in [0.5, 0.6) is 0 Å². The Morgan fingerprint density at radius 2 is 2.00 bits per heavy atom. The molecule has 0 bridgehead atoms. The molecule has 0 spiro atoms. The molecule has 0 aromatic rings. The second-order valence-electron chi connectivity index (χ2n) is 6.54. The molecule has 2 amide bonds. The van der Waals surface area contributed by atoms with Gasteiger partial charge in [-0.2, -0.15) is 0 Å². The number of nitrogens with one attached hydrogen (secondary N) is 2. The Balaban J connectivity index is 2.28. The molecule has 1 aliphatic carbocycles. The Morgan fingerprint density at radius 1 is 1.31 bits per heavy atom. The number of halogens is 2.